The zero-order valence-electron chi connectivity index (χ0n) is 10.2. The quantitative estimate of drug-likeness (QED) is 0.824. The first-order valence-electron chi connectivity index (χ1n) is 5.46. The van der Waals surface area contributed by atoms with Gasteiger partial charge in [-0.15, -0.1) is 0 Å². The van der Waals surface area contributed by atoms with Gasteiger partial charge >= 0.3 is 0 Å². The van der Waals surface area contributed by atoms with Crippen LogP contribution in [0.15, 0.2) is 27.6 Å². The first kappa shape index (κ1) is 15.4. The molecule has 0 aliphatic heterocycles. The molecular formula is C11H16BrNO4S. The van der Waals surface area contributed by atoms with Crippen molar-refractivity contribution in [3.8, 4) is 5.75 Å². The van der Waals surface area contributed by atoms with Crippen molar-refractivity contribution in [2.75, 3.05) is 13.2 Å². The lowest BCUT2D eigenvalue weighted by Gasteiger charge is -2.15. The molecule has 0 saturated heterocycles. The Labute approximate surface area is 115 Å². The second-order valence-corrected chi connectivity index (χ2v) is 6.33. The summed E-state index contributed by atoms with van der Waals surface area (Å²) < 4.78 is 32.6. The standard InChI is InChI=1S/C11H16BrNO4S/c1-3-17-10-5-4-9(12)6-11(10)18(15,16)13-8(2)7-14/h4-6,8,13-14H,3,7H2,1-2H3/t8-/m1/s1. The summed E-state index contributed by atoms with van der Waals surface area (Å²) in [5.74, 6) is 0.290. The van der Waals surface area contributed by atoms with Crippen LogP contribution >= 0.6 is 15.9 Å². The molecular weight excluding hydrogens is 322 g/mol. The number of hydrogen-bond acceptors (Lipinski definition) is 4. The smallest absolute Gasteiger partial charge is 0.244 e. The lowest BCUT2D eigenvalue weighted by Crippen LogP contribution is -2.35. The molecule has 2 N–H and O–H groups in total. The van der Waals surface area contributed by atoms with Crippen LogP contribution in [-0.2, 0) is 10.0 Å². The van der Waals surface area contributed by atoms with E-state index < -0.39 is 16.1 Å². The van der Waals surface area contributed by atoms with E-state index in [1.54, 1.807) is 26.0 Å². The minimum atomic E-state index is -3.71. The van der Waals surface area contributed by atoms with Gasteiger partial charge in [-0.1, -0.05) is 15.9 Å². The van der Waals surface area contributed by atoms with E-state index in [1.165, 1.54) is 6.07 Å². The zero-order valence-corrected chi connectivity index (χ0v) is 12.6. The van der Waals surface area contributed by atoms with Crippen molar-refractivity contribution in [3.63, 3.8) is 0 Å². The number of aliphatic hydroxyl groups is 1. The van der Waals surface area contributed by atoms with Gasteiger partial charge < -0.3 is 9.84 Å². The number of ether oxygens (including phenoxy) is 1. The highest BCUT2D eigenvalue weighted by Crippen LogP contribution is 2.27. The summed E-state index contributed by atoms with van der Waals surface area (Å²) in [5, 5.41) is 8.90. The molecule has 7 heteroatoms. The largest absolute Gasteiger partial charge is 0.492 e. The molecule has 0 bridgehead atoms. The van der Waals surface area contributed by atoms with Crippen molar-refractivity contribution < 1.29 is 18.3 Å². The molecule has 0 aliphatic carbocycles. The van der Waals surface area contributed by atoms with E-state index >= 15 is 0 Å². The van der Waals surface area contributed by atoms with E-state index in [2.05, 4.69) is 20.7 Å². The van der Waals surface area contributed by atoms with Crippen molar-refractivity contribution in [2.45, 2.75) is 24.8 Å². The predicted molar refractivity (Wildman–Crippen MR) is 72.2 cm³/mol. The van der Waals surface area contributed by atoms with Crippen molar-refractivity contribution in [1.29, 1.82) is 0 Å². The Hall–Kier alpha value is -0.630. The molecule has 0 radical (unpaired) electrons. The third kappa shape index (κ3) is 3.94. The lowest BCUT2D eigenvalue weighted by atomic mass is 10.3. The molecule has 0 saturated carbocycles. The van der Waals surface area contributed by atoms with Gasteiger partial charge in [-0.05, 0) is 32.0 Å². The van der Waals surface area contributed by atoms with Crippen molar-refractivity contribution in [2.24, 2.45) is 0 Å². The minimum absolute atomic E-state index is 0.0547. The minimum Gasteiger partial charge on any atom is -0.492 e. The first-order chi connectivity index (χ1) is 8.40. The Bertz CT molecular complexity index is 504. The second-order valence-electron chi connectivity index (χ2n) is 3.73. The summed E-state index contributed by atoms with van der Waals surface area (Å²) in [7, 11) is -3.71. The van der Waals surface area contributed by atoms with Crippen LogP contribution in [0.4, 0.5) is 0 Å². The van der Waals surface area contributed by atoms with Gasteiger partial charge in [0.25, 0.3) is 0 Å². The molecule has 0 fully saturated rings. The summed E-state index contributed by atoms with van der Waals surface area (Å²) in [6, 6.07) is 4.21. The second kappa shape index (κ2) is 6.51. The fourth-order valence-corrected chi connectivity index (χ4v) is 3.25. The number of rotatable bonds is 6. The van der Waals surface area contributed by atoms with Gasteiger partial charge in [0, 0.05) is 10.5 Å². The molecule has 5 nitrogen and oxygen atoms in total. The highest BCUT2D eigenvalue weighted by atomic mass is 79.9. The molecule has 18 heavy (non-hydrogen) atoms. The van der Waals surface area contributed by atoms with E-state index in [4.69, 9.17) is 9.84 Å². The number of nitrogens with one attached hydrogen (secondary N) is 1. The van der Waals surface area contributed by atoms with Crippen molar-refractivity contribution in [3.05, 3.63) is 22.7 Å². The summed E-state index contributed by atoms with van der Waals surface area (Å²) in [5.41, 5.74) is 0. The van der Waals surface area contributed by atoms with Gasteiger partial charge in [0.15, 0.2) is 0 Å². The van der Waals surface area contributed by atoms with Crippen LogP contribution < -0.4 is 9.46 Å². The van der Waals surface area contributed by atoms with Crippen molar-refractivity contribution >= 4 is 26.0 Å². The first-order valence-corrected chi connectivity index (χ1v) is 7.74. The maximum absolute atomic E-state index is 12.1. The summed E-state index contributed by atoms with van der Waals surface area (Å²) in [6.45, 7) is 3.47. The average molecular weight is 338 g/mol. The normalized spacial score (nSPS) is 13.3. The highest BCUT2D eigenvalue weighted by Gasteiger charge is 2.21. The topological polar surface area (TPSA) is 75.6 Å². The molecule has 0 heterocycles. The van der Waals surface area contributed by atoms with E-state index in [0.717, 1.165) is 0 Å². The van der Waals surface area contributed by atoms with Crippen LogP contribution in [0, 0.1) is 0 Å². The molecule has 1 atom stereocenters. The molecule has 0 aromatic heterocycles. The van der Waals surface area contributed by atoms with Crippen LogP contribution in [0.1, 0.15) is 13.8 Å². The number of sulfonamides is 1. The Morgan fingerprint density at radius 2 is 2.17 bits per heavy atom. The fourth-order valence-electron chi connectivity index (χ4n) is 1.33. The summed E-state index contributed by atoms with van der Waals surface area (Å²) in [6.07, 6.45) is 0. The van der Waals surface area contributed by atoms with Gasteiger partial charge in [0.05, 0.1) is 13.2 Å². The van der Waals surface area contributed by atoms with Gasteiger partial charge in [-0.3, -0.25) is 0 Å². The lowest BCUT2D eigenvalue weighted by molar-refractivity contribution is 0.265. The summed E-state index contributed by atoms with van der Waals surface area (Å²) >= 11 is 3.23. The Morgan fingerprint density at radius 3 is 2.72 bits per heavy atom. The molecule has 102 valence electrons. The third-order valence-electron chi connectivity index (χ3n) is 2.13. The number of aliphatic hydroxyl groups excluding tert-OH is 1. The Morgan fingerprint density at radius 1 is 1.50 bits per heavy atom. The zero-order chi connectivity index (χ0) is 13.8. The number of halogens is 1. The van der Waals surface area contributed by atoms with Gasteiger partial charge in [-0.2, -0.15) is 0 Å². The maximum Gasteiger partial charge on any atom is 0.244 e. The molecule has 1 aromatic carbocycles. The number of benzene rings is 1. The maximum atomic E-state index is 12.1. The van der Waals surface area contributed by atoms with Gasteiger partial charge in [-0.25, -0.2) is 13.1 Å². The highest BCUT2D eigenvalue weighted by molar-refractivity contribution is 9.10. The number of hydrogen-bond donors (Lipinski definition) is 2. The van der Waals surface area contributed by atoms with Crippen LogP contribution in [0.3, 0.4) is 0 Å². The van der Waals surface area contributed by atoms with E-state index in [1.807, 2.05) is 0 Å². The van der Waals surface area contributed by atoms with Crippen LogP contribution in [0.5, 0.6) is 5.75 Å². The Kier molecular flexibility index (Phi) is 5.58. The average Bonchev–Trinajstić information content (AvgIpc) is 2.31. The molecule has 1 aromatic rings. The summed E-state index contributed by atoms with van der Waals surface area (Å²) in [4.78, 5) is 0.0547. The van der Waals surface area contributed by atoms with Crippen LogP contribution in [-0.4, -0.2) is 32.8 Å². The van der Waals surface area contributed by atoms with Crippen molar-refractivity contribution in [1.82, 2.24) is 4.72 Å². The molecule has 0 amide bonds. The van der Waals surface area contributed by atoms with E-state index in [-0.39, 0.29) is 11.5 Å². The SMILES string of the molecule is CCOc1ccc(Br)cc1S(=O)(=O)N[C@H](C)CO. The Balaban J connectivity index is 3.17. The fraction of sp³-hybridized carbons (Fsp3) is 0.455. The third-order valence-corrected chi connectivity index (χ3v) is 4.23. The van der Waals surface area contributed by atoms with Crippen LogP contribution in [0.2, 0.25) is 0 Å². The van der Waals surface area contributed by atoms with Crippen LogP contribution in [0.25, 0.3) is 0 Å². The van der Waals surface area contributed by atoms with E-state index in [9.17, 15) is 8.42 Å². The molecule has 0 spiro atoms. The van der Waals surface area contributed by atoms with Gasteiger partial charge in [0.2, 0.25) is 10.0 Å². The monoisotopic (exact) mass is 337 g/mol. The predicted octanol–water partition coefficient (Wildman–Crippen LogP) is 1.51. The van der Waals surface area contributed by atoms with E-state index in [0.29, 0.717) is 16.8 Å². The molecule has 1 rings (SSSR count). The molecule has 0 unspecified atom stereocenters. The molecule has 0 aliphatic rings. The van der Waals surface area contributed by atoms with Gasteiger partial charge in [0.1, 0.15) is 10.6 Å².